The SMILES string of the molecule is CC(C)C[C@H](NC(=O)N[C@@H](C)c1ccccc1)C(=O)[O-]. The molecule has 2 N–H and O–H groups in total. The Morgan fingerprint density at radius 3 is 2.20 bits per heavy atom. The molecule has 0 radical (unpaired) electrons. The minimum Gasteiger partial charge on any atom is -0.548 e. The lowest BCUT2D eigenvalue weighted by Crippen LogP contribution is -2.51. The van der Waals surface area contributed by atoms with Gasteiger partial charge in [-0.3, -0.25) is 0 Å². The van der Waals surface area contributed by atoms with E-state index in [1.165, 1.54) is 0 Å². The number of nitrogens with one attached hydrogen (secondary N) is 2. The lowest BCUT2D eigenvalue weighted by molar-refractivity contribution is -0.308. The molecular weight excluding hydrogens is 256 g/mol. The van der Waals surface area contributed by atoms with Crippen LogP contribution in [0.3, 0.4) is 0 Å². The number of carboxylic acid groups (broad SMARTS) is 1. The molecule has 0 aliphatic rings. The van der Waals surface area contributed by atoms with Crippen LogP contribution in [0.4, 0.5) is 4.79 Å². The fourth-order valence-corrected chi connectivity index (χ4v) is 1.91. The van der Waals surface area contributed by atoms with Crippen LogP contribution in [0.5, 0.6) is 0 Å². The van der Waals surface area contributed by atoms with Gasteiger partial charge in [0.05, 0.1) is 18.1 Å². The van der Waals surface area contributed by atoms with Gasteiger partial charge in [0.25, 0.3) is 0 Å². The fourth-order valence-electron chi connectivity index (χ4n) is 1.91. The Balaban J connectivity index is 2.55. The van der Waals surface area contributed by atoms with Gasteiger partial charge >= 0.3 is 6.03 Å². The van der Waals surface area contributed by atoms with Crippen LogP contribution in [0.25, 0.3) is 0 Å². The van der Waals surface area contributed by atoms with Gasteiger partial charge in [-0.2, -0.15) is 0 Å². The van der Waals surface area contributed by atoms with Crippen molar-refractivity contribution in [2.75, 3.05) is 0 Å². The first-order chi connectivity index (χ1) is 9.40. The third kappa shape index (κ3) is 5.30. The summed E-state index contributed by atoms with van der Waals surface area (Å²) in [5.41, 5.74) is 0.955. The number of hydrogen-bond acceptors (Lipinski definition) is 3. The van der Waals surface area contributed by atoms with Gasteiger partial charge in [0.2, 0.25) is 0 Å². The summed E-state index contributed by atoms with van der Waals surface area (Å²) >= 11 is 0. The molecule has 0 aliphatic carbocycles. The van der Waals surface area contributed by atoms with Crippen molar-refractivity contribution in [1.29, 1.82) is 0 Å². The molecule has 110 valence electrons. The monoisotopic (exact) mass is 277 g/mol. The molecule has 0 aromatic heterocycles. The van der Waals surface area contributed by atoms with Gasteiger partial charge in [-0.15, -0.1) is 0 Å². The number of hydrogen-bond donors (Lipinski definition) is 2. The van der Waals surface area contributed by atoms with Crippen molar-refractivity contribution in [3.8, 4) is 0 Å². The topological polar surface area (TPSA) is 81.3 Å². The number of rotatable bonds is 6. The molecule has 0 unspecified atom stereocenters. The van der Waals surface area contributed by atoms with Gasteiger partial charge in [0.15, 0.2) is 0 Å². The van der Waals surface area contributed by atoms with Crippen molar-refractivity contribution in [3.63, 3.8) is 0 Å². The third-order valence-electron chi connectivity index (χ3n) is 2.94. The van der Waals surface area contributed by atoms with Gasteiger partial charge in [0.1, 0.15) is 0 Å². The average molecular weight is 277 g/mol. The first-order valence-electron chi connectivity index (χ1n) is 6.73. The van der Waals surface area contributed by atoms with Crippen LogP contribution in [0, 0.1) is 5.92 Å². The minimum atomic E-state index is -1.26. The van der Waals surface area contributed by atoms with Crippen LogP contribution in [-0.4, -0.2) is 18.0 Å². The highest BCUT2D eigenvalue weighted by Gasteiger charge is 2.16. The molecule has 1 aromatic rings. The van der Waals surface area contributed by atoms with E-state index >= 15 is 0 Å². The summed E-state index contributed by atoms with van der Waals surface area (Å²) in [5, 5.41) is 16.1. The normalized spacial score (nSPS) is 13.6. The molecule has 2 atom stereocenters. The number of amides is 2. The van der Waals surface area contributed by atoms with Gasteiger partial charge < -0.3 is 20.5 Å². The standard InChI is InChI=1S/C15H22N2O3/c1-10(2)9-13(14(18)19)17-15(20)16-11(3)12-7-5-4-6-8-12/h4-8,10-11,13H,9H2,1-3H3,(H,18,19)(H2,16,17,20)/p-1/t11-,13-/m0/s1. The number of carbonyl (C=O) groups is 2. The zero-order valence-corrected chi connectivity index (χ0v) is 12.1. The number of benzene rings is 1. The van der Waals surface area contributed by atoms with E-state index in [2.05, 4.69) is 10.6 Å². The van der Waals surface area contributed by atoms with Crippen LogP contribution in [0.15, 0.2) is 30.3 Å². The van der Waals surface area contributed by atoms with E-state index in [1.807, 2.05) is 51.1 Å². The van der Waals surface area contributed by atoms with Gasteiger partial charge in [-0.25, -0.2) is 4.79 Å². The van der Waals surface area contributed by atoms with Crippen molar-refractivity contribution in [1.82, 2.24) is 10.6 Å². The Morgan fingerprint density at radius 2 is 1.70 bits per heavy atom. The maximum Gasteiger partial charge on any atom is 0.315 e. The number of urea groups is 1. The first kappa shape index (κ1) is 16.0. The van der Waals surface area contributed by atoms with E-state index in [0.29, 0.717) is 6.42 Å². The molecule has 0 spiro atoms. The highest BCUT2D eigenvalue weighted by molar-refractivity contribution is 5.81. The molecule has 0 bridgehead atoms. The molecule has 0 heterocycles. The molecule has 2 amide bonds. The Hall–Kier alpha value is -2.04. The highest BCUT2D eigenvalue weighted by Crippen LogP contribution is 2.11. The molecule has 5 heteroatoms. The molecular formula is C15H21N2O3-. The predicted octanol–water partition coefficient (Wildman–Crippen LogP) is 1.21. The zero-order valence-electron chi connectivity index (χ0n) is 12.1. The molecule has 5 nitrogen and oxygen atoms in total. The van der Waals surface area contributed by atoms with Crippen LogP contribution in [0.1, 0.15) is 38.8 Å². The Kier molecular flexibility index (Phi) is 6.03. The van der Waals surface area contributed by atoms with Crippen molar-refractivity contribution in [2.24, 2.45) is 5.92 Å². The van der Waals surface area contributed by atoms with E-state index in [4.69, 9.17) is 0 Å². The Bertz CT molecular complexity index is 446. The van der Waals surface area contributed by atoms with Gasteiger partial charge in [-0.05, 0) is 24.8 Å². The smallest absolute Gasteiger partial charge is 0.315 e. The average Bonchev–Trinajstić information content (AvgIpc) is 2.38. The van der Waals surface area contributed by atoms with Gasteiger partial charge in [0, 0.05) is 0 Å². The maximum absolute atomic E-state index is 11.8. The number of carbonyl (C=O) groups excluding carboxylic acids is 2. The fraction of sp³-hybridized carbons (Fsp3) is 0.467. The molecule has 0 aliphatic heterocycles. The molecule has 1 rings (SSSR count). The molecule has 1 aromatic carbocycles. The van der Waals surface area contributed by atoms with E-state index < -0.39 is 18.0 Å². The van der Waals surface area contributed by atoms with Crippen LogP contribution in [0.2, 0.25) is 0 Å². The molecule has 0 fully saturated rings. The number of carboxylic acids is 1. The van der Waals surface area contributed by atoms with Gasteiger partial charge in [-0.1, -0.05) is 44.2 Å². The molecule has 0 saturated carbocycles. The summed E-state index contributed by atoms with van der Waals surface area (Å²) in [4.78, 5) is 22.8. The predicted molar refractivity (Wildman–Crippen MR) is 74.8 cm³/mol. The summed E-state index contributed by atoms with van der Waals surface area (Å²) in [5.74, 6) is -1.11. The highest BCUT2D eigenvalue weighted by atomic mass is 16.4. The summed E-state index contributed by atoms with van der Waals surface area (Å²) < 4.78 is 0. The van der Waals surface area contributed by atoms with Crippen molar-refractivity contribution in [2.45, 2.75) is 39.3 Å². The summed E-state index contributed by atoms with van der Waals surface area (Å²) in [6.07, 6.45) is 0.343. The minimum absolute atomic E-state index is 0.157. The van der Waals surface area contributed by atoms with Crippen molar-refractivity contribution < 1.29 is 14.7 Å². The van der Waals surface area contributed by atoms with E-state index in [1.54, 1.807) is 0 Å². The first-order valence-corrected chi connectivity index (χ1v) is 6.73. The lowest BCUT2D eigenvalue weighted by Gasteiger charge is -2.23. The lowest BCUT2D eigenvalue weighted by atomic mass is 10.0. The van der Waals surface area contributed by atoms with Crippen molar-refractivity contribution in [3.05, 3.63) is 35.9 Å². The van der Waals surface area contributed by atoms with E-state index in [9.17, 15) is 14.7 Å². The number of aliphatic carboxylic acids is 1. The summed E-state index contributed by atoms with van der Waals surface area (Å²) in [6, 6.07) is 7.78. The Labute approximate surface area is 119 Å². The molecule has 20 heavy (non-hydrogen) atoms. The zero-order chi connectivity index (χ0) is 15.1. The van der Waals surface area contributed by atoms with Crippen LogP contribution >= 0.6 is 0 Å². The quantitative estimate of drug-likeness (QED) is 0.820. The molecule has 0 saturated heterocycles. The second-order valence-corrected chi connectivity index (χ2v) is 5.25. The largest absolute Gasteiger partial charge is 0.548 e. The van der Waals surface area contributed by atoms with E-state index in [0.717, 1.165) is 5.56 Å². The summed E-state index contributed by atoms with van der Waals surface area (Å²) in [7, 11) is 0. The maximum atomic E-state index is 11.8. The summed E-state index contributed by atoms with van der Waals surface area (Å²) in [6.45, 7) is 5.62. The van der Waals surface area contributed by atoms with Crippen LogP contribution in [-0.2, 0) is 4.79 Å². The second kappa shape index (κ2) is 7.53. The second-order valence-electron chi connectivity index (χ2n) is 5.25. The van der Waals surface area contributed by atoms with Crippen molar-refractivity contribution >= 4 is 12.0 Å². The van der Waals surface area contributed by atoms with E-state index in [-0.39, 0.29) is 12.0 Å². The van der Waals surface area contributed by atoms with Crippen LogP contribution < -0.4 is 15.7 Å². The Morgan fingerprint density at radius 1 is 1.10 bits per heavy atom. The third-order valence-corrected chi connectivity index (χ3v) is 2.94.